The van der Waals surface area contributed by atoms with Crippen molar-refractivity contribution in [3.63, 3.8) is 0 Å². The molecule has 110 valence electrons. The van der Waals surface area contributed by atoms with Crippen LogP contribution >= 0.6 is 11.6 Å². The van der Waals surface area contributed by atoms with E-state index in [-0.39, 0.29) is 11.8 Å². The summed E-state index contributed by atoms with van der Waals surface area (Å²) in [4.78, 5) is 13.8. The number of rotatable bonds is 6. The van der Waals surface area contributed by atoms with Crippen molar-refractivity contribution in [2.24, 2.45) is 11.7 Å². The molecule has 1 aromatic carbocycles. The Labute approximate surface area is 124 Å². The summed E-state index contributed by atoms with van der Waals surface area (Å²) >= 11 is 5.82. The van der Waals surface area contributed by atoms with Crippen molar-refractivity contribution in [1.82, 2.24) is 4.90 Å². The number of nitrogens with two attached hydrogens (primary N) is 1. The van der Waals surface area contributed by atoms with Crippen molar-refractivity contribution in [3.05, 3.63) is 34.9 Å². The maximum absolute atomic E-state index is 11.6. The van der Waals surface area contributed by atoms with Gasteiger partial charge in [0.1, 0.15) is 0 Å². The number of aliphatic hydroxyl groups excluding tert-OH is 1. The summed E-state index contributed by atoms with van der Waals surface area (Å²) in [5, 5.41) is 10.9. The number of halogens is 1. The summed E-state index contributed by atoms with van der Waals surface area (Å²) in [5.74, 6) is -0.663. The molecule has 2 rings (SSSR count). The third kappa shape index (κ3) is 4.20. The van der Waals surface area contributed by atoms with Crippen molar-refractivity contribution >= 4 is 17.5 Å². The summed E-state index contributed by atoms with van der Waals surface area (Å²) in [5.41, 5.74) is 6.23. The average molecular weight is 297 g/mol. The van der Waals surface area contributed by atoms with Gasteiger partial charge in [-0.05, 0) is 50.0 Å². The van der Waals surface area contributed by atoms with Gasteiger partial charge < -0.3 is 15.7 Å². The van der Waals surface area contributed by atoms with Crippen LogP contribution in [0.2, 0.25) is 5.02 Å². The van der Waals surface area contributed by atoms with Crippen LogP contribution in [-0.2, 0) is 4.79 Å². The molecule has 1 saturated heterocycles. The van der Waals surface area contributed by atoms with Gasteiger partial charge in [0, 0.05) is 11.6 Å². The number of carbonyl (C=O) groups excluding carboxylic acids is 1. The lowest BCUT2D eigenvalue weighted by Crippen LogP contribution is -2.35. The summed E-state index contributed by atoms with van der Waals surface area (Å²) in [6.07, 6.45) is 2.01. The number of primary amides is 1. The van der Waals surface area contributed by atoms with Gasteiger partial charge in [-0.1, -0.05) is 23.7 Å². The Morgan fingerprint density at radius 3 is 2.45 bits per heavy atom. The standard InChI is InChI=1S/C15H21ClN2O2/c16-13-5-3-11(4-6-13)14(19)9-12(15(17)20)10-18-7-1-2-8-18/h3-6,12,14,19H,1-2,7-10H2,(H2,17,20). The molecule has 5 heteroatoms. The predicted octanol–water partition coefficient (Wildman–Crippen LogP) is 1.96. The highest BCUT2D eigenvalue weighted by atomic mass is 35.5. The van der Waals surface area contributed by atoms with Gasteiger partial charge in [-0.3, -0.25) is 4.79 Å². The second kappa shape index (κ2) is 7.07. The maximum atomic E-state index is 11.6. The Balaban J connectivity index is 1.96. The van der Waals surface area contributed by atoms with Crippen molar-refractivity contribution in [2.75, 3.05) is 19.6 Å². The van der Waals surface area contributed by atoms with Crippen LogP contribution in [0.1, 0.15) is 30.9 Å². The zero-order chi connectivity index (χ0) is 14.5. The summed E-state index contributed by atoms with van der Waals surface area (Å²) < 4.78 is 0. The lowest BCUT2D eigenvalue weighted by atomic mass is 9.96. The SMILES string of the molecule is NC(=O)C(CC(O)c1ccc(Cl)cc1)CN1CCCC1. The van der Waals surface area contributed by atoms with Crippen LogP contribution in [-0.4, -0.2) is 35.5 Å². The first kappa shape index (κ1) is 15.3. The number of nitrogens with zero attached hydrogens (tertiary/aromatic N) is 1. The van der Waals surface area contributed by atoms with Gasteiger partial charge in [-0.25, -0.2) is 0 Å². The fraction of sp³-hybridized carbons (Fsp3) is 0.533. The Morgan fingerprint density at radius 2 is 1.90 bits per heavy atom. The Bertz CT molecular complexity index is 444. The van der Waals surface area contributed by atoms with Crippen molar-refractivity contribution < 1.29 is 9.90 Å². The number of carbonyl (C=O) groups is 1. The van der Waals surface area contributed by atoms with E-state index in [1.165, 1.54) is 12.8 Å². The zero-order valence-corrected chi connectivity index (χ0v) is 12.2. The van der Waals surface area contributed by atoms with Crippen LogP contribution in [0.3, 0.4) is 0 Å². The Morgan fingerprint density at radius 1 is 1.30 bits per heavy atom. The number of likely N-dealkylation sites (tertiary alicyclic amines) is 1. The van der Waals surface area contributed by atoms with Gasteiger partial charge in [0.25, 0.3) is 0 Å². The molecule has 0 radical (unpaired) electrons. The fourth-order valence-electron chi connectivity index (χ4n) is 2.65. The average Bonchev–Trinajstić information content (AvgIpc) is 2.91. The molecule has 2 atom stereocenters. The number of amides is 1. The number of benzene rings is 1. The monoisotopic (exact) mass is 296 g/mol. The minimum Gasteiger partial charge on any atom is -0.388 e. The van der Waals surface area contributed by atoms with E-state index >= 15 is 0 Å². The second-order valence-corrected chi connectivity index (χ2v) is 5.85. The summed E-state index contributed by atoms with van der Waals surface area (Å²) in [6.45, 7) is 2.67. The molecule has 1 amide bonds. The third-order valence-corrected chi connectivity index (χ3v) is 4.09. The minimum atomic E-state index is -0.688. The molecule has 0 aromatic heterocycles. The number of hydrogen-bond donors (Lipinski definition) is 2. The quantitative estimate of drug-likeness (QED) is 0.843. The van der Waals surface area contributed by atoms with Crippen molar-refractivity contribution in [1.29, 1.82) is 0 Å². The molecular weight excluding hydrogens is 276 g/mol. The van der Waals surface area contributed by atoms with Gasteiger partial charge in [0.15, 0.2) is 0 Å². The molecule has 20 heavy (non-hydrogen) atoms. The molecule has 1 aliphatic rings. The van der Waals surface area contributed by atoms with E-state index in [9.17, 15) is 9.90 Å². The first-order valence-corrected chi connectivity index (χ1v) is 7.39. The second-order valence-electron chi connectivity index (χ2n) is 5.41. The molecule has 0 bridgehead atoms. The van der Waals surface area contributed by atoms with Crippen LogP contribution in [0.4, 0.5) is 0 Å². The first-order valence-electron chi connectivity index (χ1n) is 7.01. The van der Waals surface area contributed by atoms with Gasteiger partial charge in [-0.2, -0.15) is 0 Å². The van der Waals surface area contributed by atoms with Crippen LogP contribution in [0.25, 0.3) is 0 Å². The Kier molecular flexibility index (Phi) is 5.40. The van der Waals surface area contributed by atoms with E-state index in [2.05, 4.69) is 4.90 Å². The first-order chi connectivity index (χ1) is 9.56. The largest absolute Gasteiger partial charge is 0.388 e. The molecule has 2 unspecified atom stereocenters. The highest BCUT2D eigenvalue weighted by Crippen LogP contribution is 2.24. The molecule has 3 N–H and O–H groups in total. The molecule has 0 spiro atoms. The van der Waals surface area contributed by atoms with Crippen LogP contribution < -0.4 is 5.73 Å². The van der Waals surface area contributed by atoms with Crippen LogP contribution in [0.15, 0.2) is 24.3 Å². The molecule has 1 heterocycles. The lowest BCUT2D eigenvalue weighted by Gasteiger charge is -2.23. The molecule has 4 nitrogen and oxygen atoms in total. The maximum Gasteiger partial charge on any atom is 0.221 e. The highest BCUT2D eigenvalue weighted by molar-refractivity contribution is 6.30. The van der Waals surface area contributed by atoms with Crippen LogP contribution in [0, 0.1) is 5.92 Å². The highest BCUT2D eigenvalue weighted by Gasteiger charge is 2.24. The molecule has 0 saturated carbocycles. The number of aliphatic hydroxyl groups is 1. The molecule has 0 aliphatic carbocycles. The number of hydrogen-bond acceptors (Lipinski definition) is 3. The molecule has 1 fully saturated rings. The van der Waals surface area contributed by atoms with E-state index in [4.69, 9.17) is 17.3 Å². The normalized spacial score (nSPS) is 18.9. The van der Waals surface area contributed by atoms with Crippen LogP contribution in [0.5, 0.6) is 0 Å². The lowest BCUT2D eigenvalue weighted by molar-refractivity contribution is -0.123. The summed E-state index contributed by atoms with van der Waals surface area (Å²) in [6, 6.07) is 7.03. The summed E-state index contributed by atoms with van der Waals surface area (Å²) in [7, 11) is 0. The fourth-order valence-corrected chi connectivity index (χ4v) is 2.77. The molecule has 1 aromatic rings. The minimum absolute atomic E-state index is 0.321. The van der Waals surface area contributed by atoms with Gasteiger partial charge >= 0.3 is 0 Å². The van der Waals surface area contributed by atoms with E-state index in [1.807, 2.05) is 0 Å². The Hall–Kier alpha value is -1.10. The van der Waals surface area contributed by atoms with Crippen molar-refractivity contribution in [2.45, 2.75) is 25.4 Å². The van der Waals surface area contributed by atoms with Crippen molar-refractivity contribution in [3.8, 4) is 0 Å². The van der Waals surface area contributed by atoms with E-state index < -0.39 is 6.10 Å². The zero-order valence-electron chi connectivity index (χ0n) is 11.5. The smallest absolute Gasteiger partial charge is 0.221 e. The molecule has 1 aliphatic heterocycles. The molecular formula is C15H21ClN2O2. The van der Waals surface area contributed by atoms with E-state index in [0.29, 0.717) is 18.0 Å². The topological polar surface area (TPSA) is 66.6 Å². The van der Waals surface area contributed by atoms with Gasteiger partial charge in [-0.15, -0.1) is 0 Å². The van der Waals surface area contributed by atoms with E-state index in [0.717, 1.165) is 18.7 Å². The van der Waals surface area contributed by atoms with Gasteiger partial charge in [0.05, 0.1) is 12.0 Å². The van der Waals surface area contributed by atoms with E-state index in [1.54, 1.807) is 24.3 Å². The van der Waals surface area contributed by atoms with Gasteiger partial charge in [0.2, 0.25) is 5.91 Å². The predicted molar refractivity (Wildman–Crippen MR) is 79.4 cm³/mol. The third-order valence-electron chi connectivity index (χ3n) is 3.84.